The van der Waals surface area contributed by atoms with Crippen molar-refractivity contribution in [1.29, 1.82) is 0 Å². The van der Waals surface area contributed by atoms with Gasteiger partial charge in [-0.15, -0.1) is 0 Å². The molecular formula is C15H14N6O. The van der Waals surface area contributed by atoms with E-state index in [-0.39, 0.29) is 0 Å². The summed E-state index contributed by atoms with van der Waals surface area (Å²) in [5.41, 5.74) is 3.14. The largest absolute Gasteiger partial charge is 0.380 e. The lowest BCUT2D eigenvalue weighted by molar-refractivity contribution is -0.127. The van der Waals surface area contributed by atoms with E-state index in [0.29, 0.717) is 5.41 Å². The molecule has 110 valence electrons. The van der Waals surface area contributed by atoms with Crippen LogP contribution in [0.25, 0.3) is 16.8 Å². The highest BCUT2D eigenvalue weighted by Crippen LogP contribution is 2.39. The Balaban J connectivity index is 1.49. The molecule has 3 aromatic heterocycles. The van der Waals surface area contributed by atoms with Gasteiger partial charge in [-0.1, -0.05) is 0 Å². The number of rotatable bonds is 2. The average Bonchev–Trinajstić information content (AvgIpc) is 2.89. The Labute approximate surface area is 126 Å². The van der Waals surface area contributed by atoms with E-state index in [2.05, 4.69) is 20.1 Å². The zero-order chi connectivity index (χ0) is 14.6. The van der Waals surface area contributed by atoms with Gasteiger partial charge in [-0.2, -0.15) is 14.8 Å². The minimum atomic E-state index is 0.355. The molecule has 0 unspecified atom stereocenters. The summed E-state index contributed by atoms with van der Waals surface area (Å²) in [5, 5.41) is 8.45. The van der Waals surface area contributed by atoms with Crippen LogP contribution in [0.2, 0.25) is 0 Å². The second-order valence-electron chi connectivity index (χ2n) is 6.05. The molecule has 2 aliphatic rings. The van der Waals surface area contributed by atoms with Crippen molar-refractivity contribution in [3.8, 4) is 11.3 Å². The Hall–Kier alpha value is -2.54. The highest BCUT2D eigenvalue weighted by molar-refractivity contribution is 5.77. The molecule has 5 heterocycles. The molecule has 7 heteroatoms. The Morgan fingerprint density at radius 3 is 2.82 bits per heavy atom. The maximum absolute atomic E-state index is 5.31. The second-order valence-corrected chi connectivity index (χ2v) is 6.05. The van der Waals surface area contributed by atoms with E-state index >= 15 is 0 Å². The SMILES string of the molecule is c1cnn2ncc(-c3ccnc(N4CC5(COC5)C4)n3)c2c1. The Bertz CT molecular complexity index is 848. The van der Waals surface area contributed by atoms with Crippen molar-refractivity contribution in [1.82, 2.24) is 24.8 Å². The Kier molecular flexibility index (Phi) is 2.32. The fraction of sp³-hybridized carbons (Fsp3) is 0.333. The monoisotopic (exact) mass is 294 g/mol. The first-order chi connectivity index (χ1) is 10.8. The van der Waals surface area contributed by atoms with E-state index in [1.54, 1.807) is 23.2 Å². The summed E-state index contributed by atoms with van der Waals surface area (Å²) in [6.45, 7) is 3.69. The minimum Gasteiger partial charge on any atom is -0.380 e. The maximum Gasteiger partial charge on any atom is 0.225 e. The van der Waals surface area contributed by atoms with Crippen LogP contribution in [0.4, 0.5) is 5.95 Å². The number of hydrogen-bond donors (Lipinski definition) is 0. The summed E-state index contributed by atoms with van der Waals surface area (Å²) in [7, 11) is 0. The van der Waals surface area contributed by atoms with Crippen molar-refractivity contribution in [2.24, 2.45) is 5.41 Å². The molecule has 2 aliphatic heterocycles. The zero-order valence-corrected chi connectivity index (χ0v) is 11.9. The van der Waals surface area contributed by atoms with Crippen LogP contribution < -0.4 is 4.90 Å². The van der Waals surface area contributed by atoms with E-state index in [1.165, 1.54) is 0 Å². The van der Waals surface area contributed by atoms with E-state index in [9.17, 15) is 0 Å². The Morgan fingerprint density at radius 1 is 1.09 bits per heavy atom. The van der Waals surface area contributed by atoms with Crippen molar-refractivity contribution in [3.05, 3.63) is 36.8 Å². The van der Waals surface area contributed by atoms with E-state index in [0.717, 1.165) is 49.0 Å². The number of aromatic nitrogens is 5. The maximum atomic E-state index is 5.31. The van der Waals surface area contributed by atoms with Crippen LogP contribution in [0.15, 0.2) is 36.8 Å². The van der Waals surface area contributed by atoms with Gasteiger partial charge in [0.25, 0.3) is 0 Å². The summed E-state index contributed by atoms with van der Waals surface area (Å²) in [4.78, 5) is 11.3. The highest BCUT2D eigenvalue weighted by atomic mass is 16.5. The fourth-order valence-corrected chi connectivity index (χ4v) is 3.16. The second kappa shape index (κ2) is 4.23. The molecule has 2 saturated heterocycles. The van der Waals surface area contributed by atoms with Crippen molar-refractivity contribution in [3.63, 3.8) is 0 Å². The Morgan fingerprint density at radius 2 is 2.00 bits per heavy atom. The molecule has 0 atom stereocenters. The highest BCUT2D eigenvalue weighted by Gasteiger charge is 2.49. The minimum absolute atomic E-state index is 0.355. The molecule has 0 amide bonds. The molecule has 7 nitrogen and oxygen atoms in total. The first kappa shape index (κ1) is 12.0. The van der Waals surface area contributed by atoms with Gasteiger partial charge in [-0.25, -0.2) is 9.97 Å². The lowest BCUT2D eigenvalue weighted by Gasteiger charge is -2.54. The van der Waals surface area contributed by atoms with Crippen molar-refractivity contribution >= 4 is 11.5 Å². The molecule has 2 fully saturated rings. The van der Waals surface area contributed by atoms with Crippen LogP contribution in [0.3, 0.4) is 0 Å². The van der Waals surface area contributed by atoms with Crippen molar-refractivity contribution in [2.75, 3.05) is 31.2 Å². The van der Waals surface area contributed by atoms with Crippen LogP contribution in [0, 0.1) is 5.41 Å². The van der Waals surface area contributed by atoms with Gasteiger partial charge >= 0.3 is 0 Å². The van der Waals surface area contributed by atoms with Gasteiger partial charge in [0.2, 0.25) is 5.95 Å². The molecule has 0 N–H and O–H groups in total. The average molecular weight is 294 g/mol. The van der Waals surface area contributed by atoms with Crippen LogP contribution in [-0.4, -0.2) is 51.1 Å². The summed E-state index contributed by atoms with van der Waals surface area (Å²) in [5.74, 6) is 0.776. The van der Waals surface area contributed by atoms with Crippen LogP contribution in [0.1, 0.15) is 0 Å². The summed E-state index contributed by atoms with van der Waals surface area (Å²) in [6.07, 6.45) is 5.32. The van der Waals surface area contributed by atoms with E-state index in [4.69, 9.17) is 9.72 Å². The zero-order valence-electron chi connectivity index (χ0n) is 11.9. The summed E-state index contributed by atoms with van der Waals surface area (Å²) >= 11 is 0. The fourth-order valence-electron chi connectivity index (χ4n) is 3.16. The molecule has 0 aromatic carbocycles. The number of ether oxygens (including phenoxy) is 1. The van der Waals surface area contributed by atoms with Gasteiger partial charge in [0, 0.05) is 31.0 Å². The molecule has 0 aliphatic carbocycles. The molecule has 1 spiro atoms. The number of nitrogens with zero attached hydrogens (tertiary/aromatic N) is 6. The van der Waals surface area contributed by atoms with E-state index in [1.807, 2.05) is 18.2 Å². The molecule has 5 rings (SSSR count). The van der Waals surface area contributed by atoms with Gasteiger partial charge in [-0.05, 0) is 18.2 Å². The number of anilines is 1. The van der Waals surface area contributed by atoms with Crippen LogP contribution >= 0.6 is 0 Å². The van der Waals surface area contributed by atoms with Crippen LogP contribution in [0.5, 0.6) is 0 Å². The third-order valence-electron chi connectivity index (χ3n) is 4.37. The standard InChI is InChI=1S/C15H14N6O/c1-2-13-11(6-18-21(13)17-4-1)12-3-5-16-14(19-12)20-7-15(8-20)9-22-10-15/h1-6H,7-10H2. The molecule has 0 bridgehead atoms. The predicted molar refractivity (Wildman–Crippen MR) is 79.5 cm³/mol. The number of fused-ring (bicyclic) bond motifs is 1. The smallest absolute Gasteiger partial charge is 0.225 e. The normalized spacial score (nSPS) is 19.2. The molecule has 22 heavy (non-hydrogen) atoms. The quantitative estimate of drug-likeness (QED) is 0.703. The van der Waals surface area contributed by atoms with Gasteiger partial charge in [-0.3, -0.25) is 0 Å². The topological polar surface area (TPSA) is 68.4 Å². The van der Waals surface area contributed by atoms with Crippen molar-refractivity contribution in [2.45, 2.75) is 0 Å². The molecule has 0 saturated carbocycles. The number of hydrogen-bond acceptors (Lipinski definition) is 6. The van der Waals surface area contributed by atoms with Crippen LogP contribution in [-0.2, 0) is 4.74 Å². The first-order valence-electron chi connectivity index (χ1n) is 7.28. The molecule has 3 aromatic rings. The predicted octanol–water partition coefficient (Wildman–Crippen LogP) is 1.02. The van der Waals surface area contributed by atoms with Gasteiger partial charge in [0.15, 0.2) is 0 Å². The van der Waals surface area contributed by atoms with Crippen molar-refractivity contribution < 1.29 is 4.74 Å². The first-order valence-corrected chi connectivity index (χ1v) is 7.28. The summed E-state index contributed by atoms with van der Waals surface area (Å²) in [6, 6.07) is 5.80. The lowest BCUT2D eigenvalue weighted by Crippen LogP contribution is -2.66. The van der Waals surface area contributed by atoms with Gasteiger partial charge in [0.05, 0.1) is 36.0 Å². The third kappa shape index (κ3) is 1.66. The van der Waals surface area contributed by atoms with E-state index < -0.39 is 0 Å². The molecular weight excluding hydrogens is 280 g/mol. The van der Waals surface area contributed by atoms with Gasteiger partial charge < -0.3 is 9.64 Å². The third-order valence-corrected chi connectivity index (χ3v) is 4.37. The van der Waals surface area contributed by atoms with Gasteiger partial charge in [0.1, 0.15) is 0 Å². The lowest BCUT2D eigenvalue weighted by atomic mass is 9.78. The molecule has 0 radical (unpaired) electrons. The summed E-state index contributed by atoms with van der Waals surface area (Å²) < 4.78 is 6.92.